The van der Waals surface area contributed by atoms with E-state index in [0.717, 1.165) is 11.7 Å². The van der Waals surface area contributed by atoms with Crippen molar-refractivity contribution in [1.82, 2.24) is 19.6 Å². The molecule has 0 saturated heterocycles. The van der Waals surface area contributed by atoms with E-state index in [0.29, 0.717) is 11.5 Å². The number of aromatic nitrogens is 4. The predicted molar refractivity (Wildman–Crippen MR) is 65.7 cm³/mol. The summed E-state index contributed by atoms with van der Waals surface area (Å²) in [6.45, 7) is 0. The SMILES string of the molecule is CNc1nc(-c2cccc3ccnn23)ncc1F. The number of hydrogen-bond acceptors (Lipinski definition) is 4. The highest BCUT2D eigenvalue weighted by molar-refractivity contribution is 5.59. The molecule has 0 bridgehead atoms. The fourth-order valence-corrected chi connectivity index (χ4v) is 1.78. The number of fused-ring (bicyclic) bond motifs is 1. The lowest BCUT2D eigenvalue weighted by molar-refractivity contribution is 0.618. The van der Waals surface area contributed by atoms with Crippen LogP contribution in [0.3, 0.4) is 0 Å². The molecule has 0 aliphatic heterocycles. The van der Waals surface area contributed by atoms with Gasteiger partial charge < -0.3 is 5.32 Å². The van der Waals surface area contributed by atoms with Crippen LogP contribution in [0, 0.1) is 5.82 Å². The highest BCUT2D eigenvalue weighted by atomic mass is 19.1. The van der Waals surface area contributed by atoms with E-state index in [1.807, 2.05) is 24.3 Å². The van der Waals surface area contributed by atoms with Crippen LogP contribution in [0.25, 0.3) is 17.0 Å². The van der Waals surface area contributed by atoms with Crippen molar-refractivity contribution in [2.75, 3.05) is 12.4 Å². The second-order valence-corrected chi connectivity index (χ2v) is 3.72. The summed E-state index contributed by atoms with van der Waals surface area (Å²) in [6.07, 6.45) is 2.85. The molecular weight excluding hydrogens is 233 g/mol. The first-order chi connectivity index (χ1) is 8.79. The van der Waals surface area contributed by atoms with Gasteiger partial charge in [-0.25, -0.2) is 18.9 Å². The molecule has 6 heteroatoms. The van der Waals surface area contributed by atoms with Crippen molar-refractivity contribution >= 4 is 11.3 Å². The summed E-state index contributed by atoms with van der Waals surface area (Å²) < 4.78 is 15.0. The molecule has 0 fully saturated rings. The molecule has 0 unspecified atom stereocenters. The number of nitrogens with one attached hydrogen (secondary N) is 1. The zero-order valence-corrected chi connectivity index (χ0v) is 9.63. The van der Waals surface area contributed by atoms with Crippen molar-refractivity contribution in [1.29, 1.82) is 0 Å². The van der Waals surface area contributed by atoms with Crippen LogP contribution in [-0.2, 0) is 0 Å². The van der Waals surface area contributed by atoms with E-state index in [2.05, 4.69) is 20.4 Å². The quantitative estimate of drug-likeness (QED) is 0.747. The zero-order valence-electron chi connectivity index (χ0n) is 9.63. The highest BCUT2D eigenvalue weighted by Gasteiger charge is 2.10. The molecule has 0 aliphatic rings. The van der Waals surface area contributed by atoms with Crippen molar-refractivity contribution in [3.05, 3.63) is 42.5 Å². The van der Waals surface area contributed by atoms with Crippen LogP contribution in [0.4, 0.5) is 10.2 Å². The second kappa shape index (κ2) is 4.06. The van der Waals surface area contributed by atoms with E-state index in [4.69, 9.17) is 0 Å². The minimum Gasteiger partial charge on any atom is -0.371 e. The Morgan fingerprint density at radius 1 is 1.28 bits per heavy atom. The number of nitrogens with zero attached hydrogens (tertiary/aromatic N) is 4. The Morgan fingerprint density at radius 3 is 3.00 bits per heavy atom. The van der Waals surface area contributed by atoms with Crippen LogP contribution in [0.2, 0.25) is 0 Å². The van der Waals surface area contributed by atoms with E-state index < -0.39 is 5.82 Å². The molecular formula is C12H10FN5. The summed E-state index contributed by atoms with van der Waals surface area (Å²) >= 11 is 0. The topological polar surface area (TPSA) is 55.1 Å². The maximum atomic E-state index is 13.3. The van der Waals surface area contributed by atoms with Crippen molar-refractivity contribution in [3.8, 4) is 11.5 Å². The lowest BCUT2D eigenvalue weighted by atomic mass is 10.3. The largest absolute Gasteiger partial charge is 0.371 e. The number of halogens is 1. The van der Waals surface area contributed by atoms with Gasteiger partial charge in [-0.15, -0.1) is 0 Å². The summed E-state index contributed by atoms with van der Waals surface area (Å²) in [7, 11) is 1.61. The Labute approximate surface area is 102 Å². The molecule has 0 aromatic carbocycles. The van der Waals surface area contributed by atoms with E-state index in [1.54, 1.807) is 17.8 Å². The van der Waals surface area contributed by atoms with Gasteiger partial charge in [-0.3, -0.25) is 0 Å². The molecule has 0 amide bonds. The Balaban J connectivity index is 2.23. The monoisotopic (exact) mass is 243 g/mol. The molecule has 0 radical (unpaired) electrons. The standard InChI is InChI=1S/C12H10FN5/c1-14-11-9(13)7-15-12(17-11)10-4-2-3-8-5-6-16-18(8)10/h2-7H,1H3,(H,14,15,17). The molecule has 18 heavy (non-hydrogen) atoms. The van der Waals surface area contributed by atoms with Crippen molar-refractivity contribution < 1.29 is 4.39 Å². The molecule has 3 rings (SSSR count). The van der Waals surface area contributed by atoms with Crippen LogP contribution < -0.4 is 5.32 Å². The van der Waals surface area contributed by atoms with Gasteiger partial charge in [0.05, 0.1) is 17.9 Å². The van der Waals surface area contributed by atoms with E-state index in [1.165, 1.54) is 0 Å². The normalized spacial score (nSPS) is 10.8. The Hall–Kier alpha value is -2.50. The average molecular weight is 243 g/mol. The fourth-order valence-electron chi connectivity index (χ4n) is 1.78. The fraction of sp³-hybridized carbons (Fsp3) is 0.0833. The van der Waals surface area contributed by atoms with Crippen LogP contribution >= 0.6 is 0 Å². The Bertz CT molecular complexity index is 707. The van der Waals surface area contributed by atoms with Crippen LogP contribution in [-0.4, -0.2) is 26.6 Å². The average Bonchev–Trinajstić information content (AvgIpc) is 2.87. The van der Waals surface area contributed by atoms with Crippen molar-refractivity contribution in [3.63, 3.8) is 0 Å². The van der Waals surface area contributed by atoms with Crippen LogP contribution in [0.15, 0.2) is 36.7 Å². The van der Waals surface area contributed by atoms with Gasteiger partial charge in [0.15, 0.2) is 17.5 Å². The first-order valence-electron chi connectivity index (χ1n) is 5.43. The summed E-state index contributed by atoms with van der Waals surface area (Å²) in [4.78, 5) is 8.13. The minimum absolute atomic E-state index is 0.171. The highest BCUT2D eigenvalue weighted by Crippen LogP contribution is 2.19. The second-order valence-electron chi connectivity index (χ2n) is 3.72. The minimum atomic E-state index is -0.478. The predicted octanol–water partition coefficient (Wildman–Crippen LogP) is 1.97. The maximum Gasteiger partial charge on any atom is 0.183 e. The summed E-state index contributed by atoms with van der Waals surface area (Å²) in [5.74, 6) is 0.119. The van der Waals surface area contributed by atoms with E-state index >= 15 is 0 Å². The molecule has 0 spiro atoms. The van der Waals surface area contributed by atoms with E-state index in [9.17, 15) is 4.39 Å². The molecule has 1 N–H and O–H groups in total. The zero-order chi connectivity index (χ0) is 12.5. The lowest BCUT2D eigenvalue weighted by Crippen LogP contribution is -2.02. The molecule has 3 aromatic rings. The Kier molecular flexibility index (Phi) is 2.40. The van der Waals surface area contributed by atoms with Gasteiger partial charge in [0.1, 0.15) is 5.69 Å². The molecule has 0 aliphatic carbocycles. The van der Waals surface area contributed by atoms with Gasteiger partial charge in [-0.2, -0.15) is 5.10 Å². The smallest absolute Gasteiger partial charge is 0.183 e. The third-order valence-electron chi connectivity index (χ3n) is 2.63. The molecule has 3 heterocycles. The van der Waals surface area contributed by atoms with Gasteiger partial charge in [0.2, 0.25) is 0 Å². The third-order valence-corrected chi connectivity index (χ3v) is 2.63. The van der Waals surface area contributed by atoms with Gasteiger partial charge in [0, 0.05) is 7.05 Å². The lowest BCUT2D eigenvalue weighted by Gasteiger charge is -2.06. The third kappa shape index (κ3) is 1.58. The summed E-state index contributed by atoms with van der Waals surface area (Å²) in [5, 5.41) is 6.89. The molecule has 0 atom stereocenters. The van der Waals surface area contributed by atoms with Gasteiger partial charge in [-0.05, 0) is 18.2 Å². The summed E-state index contributed by atoms with van der Waals surface area (Å²) in [5.41, 5.74) is 1.65. The number of pyridine rings is 1. The first-order valence-corrected chi connectivity index (χ1v) is 5.43. The first kappa shape index (κ1) is 10.6. The summed E-state index contributed by atoms with van der Waals surface area (Å²) in [6, 6.07) is 7.54. The van der Waals surface area contributed by atoms with Crippen molar-refractivity contribution in [2.24, 2.45) is 0 Å². The Morgan fingerprint density at radius 2 is 2.17 bits per heavy atom. The number of anilines is 1. The van der Waals surface area contributed by atoms with Gasteiger partial charge >= 0.3 is 0 Å². The van der Waals surface area contributed by atoms with Crippen LogP contribution in [0.5, 0.6) is 0 Å². The van der Waals surface area contributed by atoms with E-state index in [-0.39, 0.29) is 5.82 Å². The number of hydrogen-bond donors (Lipinski definition) is 1. The van der Waals surface area contributed by atoms with Gasteiger partial charge in [0.25, 0.3) is 0 Å². The number of rotatable bonds is 2. The van der Waals surface area contributed by atoms with Crippen LogP contribution in [0.1, 0.15) is 0 Å². The molecule has 90 valence electrons. The molecule has 5 nitrogen and oxygen atoms in total. The van der Waals surface area contributed by atoms with Gasteiger partial charge in [-0.1, -0.05) is 6.07 Å². The van der Waals surface area contributed by atoms with Crippen molar-refractivity contribution in [2.45, 2.75) is 0 Å². The maximum absolute atomic E-state index is 13.3. The molecule has 0 saturated carbocycles. The molecule has 3 aromatic heterocycles.